The third-order valence-corrected chi connectivity index (χ3v) is 2.76. The smallest absolute Gasteiger partial charge is 0.224 e. The van der Waals surface area contributed by atoms with E-state index < -0.39 is 0 Å². The quantitative estimate of drug-likeness (QED) is 0.725. The van der Waals surface area contributed by atoms with Crippen molar-refractivity contribution < 1.29 is 4.79 Å². The van der Waals surface area contributed by atoms with Crippen LogP contribution in [0.1, 0.15) is 11.1 Å². The van der Waals surface area contributed by atoms with Gasteiger partial charge >= 0.3 is 0 Å². The molecule has 0 saturated carbocycles. The van der Waals surface area contributed by atoms with Gasteiger partial charge in [-0.05, 0) is 24.0 Å². The van der Waals surface area contributed by atoms with Gasteiger partial charge in [-0.2, -0.15) is 5.26 Å². The molecule has 0 atom stereocenters. The molecule has 0 radical (unpaired) electrons. The Morgan fingerprint density at radius 1 is 1.40 bits per heavy atom. The van der Waals surface area contributed by atoms with Gasteiger partial charge in [0.15, 0.2) is 0 Å². The molecule has 0 unspecified atom stereocenters. The summed E-state index contributed by atoms with van der Waals surface area (Å²) in [5.74, 6) is 0.00324. The molecule has 1 aromatic rings. The predicted octanol–water partition coefficient (Wildman–Crippen LogP) is 1.04. The van der Waals surface area contributed by atoms with Crippen LogP contribution in [-0.4, -0.2) is 12.5 Å². The van der Waals surface area contributed by atoms with E-state index in [1.165, 1.54) is 11.1 Å². The van der Waals surface area contributed by atoms with Crippen LogP contribution in [0.3, 0.4) is 0 Å². The molecule has 0 fully saturated rings. The van der Waals surface area contributed by atoms with Crippen LogP contribution < -0.4 is 5.32 Å². The van der Waals surface area contributed by atoms with Gasteiger partial charge in [-0.15, -0.1) is 0 Å². The van der Waals surface area contributed by atoms with E-state index in [1.54, 1.807) is 0 Å². The van der Waals surface area contributed by atoms with Crippen molar-refractivity contribution in [3.8, 4) is 6.07 Å². The van der Waals surface area contributed by atoms with Gasteiger partial charge in [-0.3, -0.25) is 4.79 Å². The highest BCUT2D eigenvalue weighted by molar-refractivity contribution is 5.80. The zero-order valence-corrected chi connectivity index (χ0v) is 8.36. The maximum Gasteiger partial charge on any atom is 0.224 e. The molecule has 0 bridgehead atoms. The topological polar surface area (TPSA) is 52.9 Å². The third-order valence-electron chi connectivity index (χ3n) is 2.76. The Balaban J connectivity index is 2.01. The van der Waals surface area contributed by atoms with E-state index in [1.807, 2.05) is 18.2 Å². The van der Waals surface area contributed by atoms with Crippen LogP contribution >= 0.6 is 0 Å². The number of benzene rings is 1. The number of nitrogens with one attached hydrogen (secondary N) is 1. The van der Waals surface area contributed by atoms with Crippen molar-refractivity contribution in [2.45, 2.75) is 12.8 Å². The summed E-state index contributed by atoms with van der Waals surface area (Å²) in [6.07, 6.45) is 1.60. The van der Waals surface area contributed by atoms with Crippen molar-refractivity contribution in [1.82, 2.24) is 5.32 Å². The van der Waals surface area contributed by atoms with E-state index in [2.05, 4.69) is 17.4 Å². The Labute approximate surface area is 88.7 Å². The predicted molar refractivity (Wildman–Crippen MR) is 56.0 cm³/mol. The van der Waals surface area contributed by atoms with Crippen molar-refractivity contribution in [2.24, 2.45) is 5.92 Å². The summed E-state index contributed by atoms with van der Waals surface area (Å²) in [5, 5.41) is 11.0. The lowest BCUT2D eigenvalue weighted by Gasteiger charge is -2.06. The summed E-state index contributed by atoms with van der Waals surface area (Å²) in [6, 6.07) is 10.0. The summed E-state index contributed by atoms with van der Waals surface area (Å²) in [4.78, 5) is 11.6. The fourth-order valence-corrected chi connectivity index (χ4v) is 2.02. The number of fused-ring (bicyclic) bond motifs is 1. The normalized spacial score (nSPS) is 14.3. The minimum atomic E-state index is -0.00671. The molecule has 0 aliphatic heterocycles. The van der Waals surface area contributed by atoms with E-state index >= 15 is 0 Å². The highest BCUT2D eigenvalue weighted by Gasteiger charge is 2.26. The molecule has 1 aromatic carbocycles. The summed E-state index contributed by atoms with van der Waals surface area (Å²) in [5.41, 5.74) is 2.52. The maximum atomic E-state index is 11.6. The minimum absolute atomic E-state index is 0.00671. The van der Waals surface area contributed by atoms with E-state index in [0.717, 1.165) is 12.8 Å². The lowest BCUT2D eigenvalue weighted by atomic mass is 10.1. The number of hydrogen-bond donors (Lipinski definition) is 1. The van der Waals surface area contributed by atoms with Gasteiger partial charge in [-0.25, -0.2) is 0 Å². The summed E-state index contributed by atoms with van der Waals surface area (Å²) in [6.45, 7) is 0.103. The number of rotatable bonds is 2. The van der Waals surface area contributed by atoms with Crippen LogP contribution in [0.25, 0.3) is 0 Å². The van der Waals surface area contributed by atoms with E-state index in [9.17, 15) is 4.79 Å². The number of carbonyl (C=O) groups excluding carboxylic acids is 1. The molecule has 3 nitrogen and oxygen atoms in total. The van der Waals surface area contributed by atoms with E-state index in [4.69, 9.17) is 5.26 Å². The first-order valence-corrected chi connectivity index (χ1v) is 5.02. The number of hydrogen-bond acceptors (Lipinski definition) is 2. The highest BCUT2D eigenvalue weighted by Crippen LogP contribution is 2.26. The SMILES string of the molecule is N#CCNC(=O)C1Cc2ccccc2C1. The molecule has 1 aliphatic carbocycles. The van der Waals surface area contributed by atoms with Gasteiger partial charge < -0.3 is 5.32 Å². The second-order valence-electron chi connectivity index (χ2n) is 3.75. The molecule has 0 aromatic heterocycles. The van der Waals surface area contributed by atoms with Crippen LogP contribution in [-0.2, 0) is 17.6 Å². The van der Waals surface area contributed by atoms with Gasteiger partial charge in [0.2, 0.25) is 5.91 Å². The average molecular weight is 200 g/mol. The Morgan fingerprint density at radius 3 is 2.53 bits per heavy atom. The summed E-state index contributed by atoms with van der Waals surface area (Å²) in [7, 11) is 0. The number of nitrogens with zero attached hydrogens (tertiary/aromatic N) is 1. The molecule has 1 N–H and O–H groups in total. The monoisotopic (exact) mass is 200 g/mol. The standard InChI is InChI=1S/C12H12N2O/c13-5-6-14-12(15)11-7-9-3-1-2-4-10(9)8-11/h1-4,11H,6-8H2,(H,14,15). The Hall–Kier alpha value is -1.82. The first kappa shape index (κ1) is 9.72. The summed E-state index contributed by atoms with van der Waals surface area (Å²) < 4.78 is 0. The van der Waals surface area contributed by atoms with Gasteiger partial charge in [0, 0.05) is 5.92 Å². The van der Waals surface area contributed by atoms with Crippen LogP contribution in [0.5, 0.6) is 0 Å². The third kappa shape index (κ3) is 1.99. The number of amides is 1. The average Bonchev–Trinajstić information content (AvgIpc) is 2.69. The lowest BCUT2D eigenvalue weighted by Crippen LogP contribution is -2.31. The fourth-order valence-electron chi connectivity index (χ4n) is 2.02. The van der Waals surface area contributed by atoms with E-state index in [0.29, 0.717) is 0 Å². The molecular weight excluding hydrogens is 188 g/mol. The largest absolute Gasteiger partial charge is 0.343 e. The second-order valence-corrected chi connectivity index (χ2v) is 3.75. The minimum Gasteiger partial charge on any atom is -0.343 e. The Kier molecular flexibility index (Phi) is 2.68. The number of nitriles is 1. The van der Waals surface area contributed by atoms with Crippen molar-refractivity contribution >= 4 is 5.91 Å². The van der Waals surface area contributed by atoms with Crippen molar-refractivity contribution in [3.63, 3.8) is 0 Å². The van der Waals surface area contributed by atoms with Crippen molar-refractivity contribution in [2.75, 3.05) is 6.54 Å². The number of carbonyl (C=O) groups is 1. The molecule has 15 heavy (non-hydrogen) atoms. The summed E-state index contributed by atoms with van der Waals surface area (Å²) >= 11 is 0. The fraction of sp³-hybridized carbons (Fsp3) is 0.333. The van der Waals surface area contributed by atoms with Gasteiger partial charge in [0.1, 0.15) is 6.54 Å². The highest BCUT2D eigenvalue weighted by atomic mass is 16.1. The van der Waals surface area contributed by atoms with Gasteiger partial charge in [0.25, 0.3) is 0 Å². The molecular formula is C12H12N2O. The molecule has 76 valence electrons. The van der Waals surface area contributed by atoms with Crippen molar-refractivity contribution in [1.29, 1.82) is 5.26 Å². The molecule has 1 aliphatic rings. The zero-order valence-electron chi connectivity index (χ0n) is 8.36. The molecule has 0 spiro atoms. The van der Waals surface area contributed by atoms with Gasteiger partial charge in [0.05, 0.1) is 6.07 Å². The first-order valence-electron chi connectivity index (χ1n) is 5.02. The molecule has 0 saturated heterocycles. The maximum absolute atomic E-state index is 11.6. The van der Waals surface area contributed by atoms with Crippen LogP contribution in [0.15, 0.2) is 24.3 Å². The molecule has 1 amide bonds. The molecule has 0 heterocycles. The second kappa shape index (κ2) is 4.14. The molecule has 2 rings (SSSR count). The van der Waals surface area contributed by atoms with Crippen LogP contribution in [0.4, 0.5) is 0 Å². The zero-order chi connectivity index (χ0) is 10.7. The van der Waals surface area contributed by atoms with Gasteiger partial charge in [-0.1, -0.05) is 24.3 Å². The van der Waals surface area contributed by atoms with Crippen LogP contribution in [0.2, 0.25) is 0 Å². The Bertz CT molecular complexity index is 395. The first-order chi connectivity index (χ1) is 7.31. The lowest BCUT2D eigenvalue weighted by molar-refractivity contribution is -0.124. The van der Waals surface area contributed by atoms with Crippen LogP contribution in [0, 0.1) is 17.2 Å². The molecule has 3 heteroatoms. The van der Waals surface area contributed by atoms with Crippen molar-refractivity contribution in [3.05, 3.63) is 35.4 Å². The van der Waals surface area contributed by atoms with E-state index in [-0.39, 0.29) is 18.4 Å². The Morgan fingerprint density at radius 2 is 2.00 bits per heavy atom.